The molecule has 2 saturated carbocycles. The Kier molecular flexibility index (Phi) is 3.97. The monoisotopic (exact) mass is 344 g/mol. The van der Waals surface area contributed by atoms with E-state index in [2.05, 4.69) is 35.9 Å². The predicted octanol–water partition coefficient (Wildman–Crippen LogP) is 1.02. The third-order valence-corrected chi connectivity index (χ3v) is 5.28. The highest BCUT2D eigenvalue weighted by Crippen LogP contribution is 2.38. The maximum atomic E-state index is 5.37. The molecular formula is C16H24N8O. The fourth-order valence-corrected chi connectivity index (χ4v) is 3.56. The maximum Gasteiger partial charge on any atom is 0.229 e. The molecule has 9 nitrogen and oxygen atoms in total. The van der Waals surface area contributed by atoms with Crippen LogP contribution in [-0.2, 0) is 13.1 Å². The van der Waals surface area contributed by atoms with E-state index in [1.165, 1.54) is 38.5 Å². The summed E-state index contributed by atoms with van der Waals surface area (Å²) in [6.45, 7) is 3.59. The topological polar surface area (TPSA) is 97.8 Å². The maximum absolute atomic E-state index is 5.37. The molecule has 0 spiro atoms. The van der Waals surface area contributed by atoms with E-state index in [9.17, 15) is 0 Å². The fourth-order valence-electron chi connectivity index (χ4n) is 3.56. The number of hydrogen-bond acceptors (Lipinski definition) is 8. The van der Waals surface area contributed by atoms with Crippen LogP contribution in [-0.4, -0.2) is 54.4 Å². The number of tetrazole rings is 1. The second-order valence-electron chi connectivity index (χ2n) is 7.55. The smallest absolute Gasteiger partial charge is 0.229 e. The fraction of sp³-hybridized carbons (Fsp3) is 0.812. The van der Waals surface area contributed by atoms with E-state index in [0.29, 0.717) is 18.0 Å². The Morgan fingerprint density at radius 1 is 1.16 bits per heavy atom. The van der Waals surface area contributed by atoms with Crippen molar-refractivity contribution in [3.63, 3.8) is 0 Å². The zero-order chi connectivity index (χ0) is 16.6. The summed E-state index contributed by atoms with van der Waals surface area (Å²) >= 11 is 0. The van der Waals surface area contributed by atoms with Gasteiger partial charge in [-0.25, -0.2) is 4.68 Å². The van der Waals surface area contributed by atoms with Gasteiger partial charge in [0.05, 0.1) is 19.1 Å². The molecular weight excluding hydrogens is 320 g/mol. The van der Waals surface area contributed by atoms with Gasteiger partial charge in [0.15, 0.2) is 11.6 Å². The first-order valence-corrected chi connectivity index (χ1v) is 9.40. The Labute approximate surface area is 146 Å². The lowest BCUT2D eigenvalue weighted by atomic mass is 10.1. The first kappa shape index (κ1) is 15.4. The highest BCUT2D eigenvalue weighted by Gasteiger charge is 2.30. The van der Waals surface area contributed by atoms with Crippen molar-refractivity contribution in [2.45, 2.75) is 69.6 Å². The standard InChI is InChI=1S/C16H24N8O/c1-2-12(17-8-15-19-21-22-24(15)13-5-6-13)9-23(7-1)10-14-18-16(25-20-14)11-3-4-11/h11-13,17H,1-10H2. The molecule has 0 aromatic carbocycles. The van der Waals surface area contributed by atoms with Crippen LogP contribution in [0.25, 0.3) is 0 Å². The average molecular weight is 344 g/mol. The van der Waals surface area contributed by atoms with Crippen molar-refractivity contribution in [2.24, 2.45) is 0 Å². The summed E-state index contributed by atoms with van der Waals surface area (Å²) in [5, 5.41) is 19.9. The predicted molar refractivity (Wildman–Crippen MR) is 87.5 cm³/mol. The average Bonchev–Trinajstić information content (AvgIpc) is 3.56. The molecule has 1 saturated heterocycles. The molecule has 0 bridgehead atoms. The molecule has 0 radical (unpaired) electrons. The molecule has 3 aliphatic rings. The molecule has 1 unspecified atom stereocenters. The van der Waals surface area contributed by atoms with Gasteiger partial charge < -0.3 is 9.84 Å². The molecule has 0 amide bonds. The third-order valence-electron chi connectivity index (χ3n) is 5.28. The molecule has 2 aliphatic carbocycles. The third kappa shape index (κ3) is 3.57. The summed E-state index contributed by atoms with van der Waals surface area (Å²) in [7, 11) is 0. The van der Waals surface area contributed by atoms with E-state index in [0.717, 1.165) is 43.7 Å². The summed E-state index contributed by atoms with van der Waals surface area (Å²) in [5.41, 5.74) is 0. The van der Waals surface area contributed by atoms with Crippen LogP contribution in [0.4, 0.5) is 0 Å². The van der Waals surface area contributed by atoms with Gasteiger partial charge >= 0.3 is 0 Å². The van der Waals surface area contributed by atoms with Crippen molar-refractivity contribution in [3.8, 4) is 0 Å². The lowest BCUT2D eigenvalue weighted by Crippen LogP contribution is -2.45. The van der Waals surface area contributed by atoms with Crippen molar-refractivity contribution < 1.29 is 4.52 Å². The molecule has 25 heavy (non-hydrogen) atoms. The van der Waals surface area contributed by atoms with Crippen molar-refractivity contribution in [1.82, 2.24) is 40.6 Å². The first-order chi connectivity index (χ1) is 12.3. The quantitative estimate of drug-likeness (QED) is 0.795. The highest BCUT2D eigenvalue weighted by atomic mass is 16.5. The summed E-state index contributed by atoms with van der Waals surface area (Å²) in [6.07, 6.45) is 7.14. The van der Waals surface area contributed by atoms with E-state index >= 15 is 0 Å². The van der Waals surface area contributed by atoms with E-state index in [4.69, 9.17) is 4.52 Å². The molecule has 9 heteroatoms. The molecule has 3 fully saturated rings. The summed E-state index contributed by atoms with van der Waals surface area (Å²) in [6, 6.07) is 0.974. The number of hydrogen-bond donors (Lipinski definition) is 1. The van der Waals surface area contributed by atoms with Crippen LogP contribution >= 0.6 is 0 Å². The number of nitrogens with one attached hydrogen (secondary N) is 1. The minimum atomic E-state index is 0.452. The van der Waals surface area contributed by atoms with Crippen molar-refractivity contribution in [3.05, 3.63) is 17.5 Å². The number of likely N-dealkylation sites (tertiary alicyclic amines) is 1. The zero-order valence-corrected chi connectivity index (χ0v) is 14.3. The Morgan fingerprint density at radius 2 is 2.08 bits per heavy atom. The largest absolute Gasteiger partial charge is 0.339 e. The van der Waals surface area contributed by atoms with E-state index in [-0.39, 0.29) is 0 Å². The van der Waals surface area contributed by atoms with Crippen LogP contribution in [0.2, 0.25) is 0 Å². The van der Waals surface area contributed by atoms with Crippen molar-refractivity contribution in [1.29, 1.82) is 0 Å². The number of aromatic nitrogens is 6. The lowest BCUT2D eigenvalue weighted by molar-refractivity contribution is 0.176. The second kappa shape index (κ2) is 6.45. The van der Waals surface area contributed by atoms with Crippen LogP contribution < -0.4 is 5.32 Å². The van der Waals surface area contributed by atoms with Gasteiger partial charge in [0.25, 0.3) is 0 Å². The number of rotatable bonds is 7. The Balaban J connectivity index is 1.14. The van der Waals surface area contributed by atoms with Crippen LogP contribution in [0.5, 0.6) is 0 Å². The van der Waals surface area contributed by atoms with Gasteiger partial charge in [0.2, 0.25) is 5.89 Å². The van der Waals surface area contributed by atoms with Gasteiger partial charge in [0.1, 0.15) is 0 Å². The van der Waals surface area contributed by atoms with Gasteiger partial charge in [-0.1, -0.05) is 5.16 Å². The highest BCUT2D eigenvalue weighted by molar-refractivity contribution is 5.02. The number of piperidine rings is 1. The van der Waals surface area contributed by atoms with Crippen molar-refractivity contribution in [2.75, 3.05) is 13.1 Å². The second-order valence-corrected chi connectivity index (χ2v) is 7.55. The van der Waals surface area contributed by atoms with Crippen molar-refractivity contribution >= 4 is 0 Å². The molecule has 1 atom stereocenters. The molecule has 1 N–H and O–H groups in total. The van der Waals surface area contributed by atoms with E-state index in [1.54, 1.807) is 0 Å². The summed E-state index contributed by atoms with van der Waals surface area (Å²) in [5.74, 6) is 3.12. The minimum Gasteiger partial charge on any atom is -0.339 e. The lowest BCUT2D eigenvalue weighted by Gasteiger charge is -2.32. The summed E-state index contributed by atoms with van der Waals surface area (Å²) in [4.78, 5) is 6.96. The summed E-state index contributed by atoms with van der Waals surface area (Å²) < 4.78 is 7.35. The first-order valence-electron chi connectivity index (χ1n) is 9.40. The van der Waals surface area contributed by atoms with E-state index in [1.807, 2.05) is 4.68 Å². The minimum absolute atomic E-state index is 0.452. The molecule has 5 rings (SSSR count). The van der Waals surface area contributed by atoms with Gasteiger partial charge in [-0.05, 0) is 55.5 Å². The Hall–Kier alpha value is -1.87. The Morgan fingerprint density at radius 3 is 2.92 bits per heavy atom. The molecule has 134 valence electrons. The van der Waals surface area contributed by atoms with Gasteiger partial charge in [-0.15, -0.1) is 5.10 Å². The molecule has 3 heterocycles. The normalized spacial score (nSPS) is 24.7. The van der Waals surface area contributed by atoms with Crippen LogP contribution in [0, 0.1) is 0 Å². The van der Waals surface area contributed by atoms with E-state index < -0.39 is 0 Å². The van der Waals surface area contributed by atoms with Crippen LogP contribution in [0.3, 0.4) is 0 Å². The molecule has 1 aliphatic heterocycles. The van der Waals surface area contributed by atoms with Gasteiger partial charge in [-0.3, -0.25) is 4.90 Å². The molecule has 2 aromatic heterocycles. The Bertz CT molecular complexity index is 719. The van der Waals surface area contributed by atoms with Crippen LogP contribution in [0.15, 0.2) is 4.52 Å². The van der Waals surface area contributed by atoms with Gasteiger partial charge in [0, 0.05) is 18.5 Å². The SMILES string of the molecule is C1CC(NCc2nnnn2C2CC2)CN(Cc2noc(C3CC3)n2)C1. The van der Waals surface area contributed by atoms with Crippen LogP contribution in [0.1, 0.15) is 68.0 Å². The molecule has 2 aromatic rings. The van der Waals surface area contributed by atoms with Gasteiger partial charge in [-0.2, -0.15) is 4.98 Å². The number of nitrogens with zero attached hydrogens (tertiary/aromatic N) is 7. The zero-order valence-electron chi connectivity index (χ0n) is 14.3.